The maximum Gasteiger partial charge on any atom is 0.272 e. The van der Waals surface area contributed by atoms with Gasteiger partial charge in [0.05, 0.1) is 32.3 Å². The van der Waals surface area contributed by atoms with Crippen LogP contribution in [0.3, 0.4) is 0 Å². The number of nitrogens with one attached hydrogen (secondary N) is 3. The van der Waals surface area contributed by atoms with Crippen LogP contribution in [0, 0.1) is 0 Å². The van der Waals surface area contributed by atoms with Crippen molar-refractivity contribution in [2.75, 3.05) is 32.0 Å². The molecule has 5 aromatic rings. The number of benzene rings is 4. The van der Waals surface area contributed by atoms with Crippen LogP contribution in [-0.4, -0.2) is 49.3 Å². The predicted molar refractivity (Wildman–Crippen MR) is 199 cm³/mol. The molecule has 1 unspecified atom stereocenters. The molecule has 0 aliphatic rings. The molecule has 10 nitrogen and oxygen atoms in total. The molecule has 0 saturated heterocycles. The first-order valence-electron chi connectivity index (χ1n) is 15.6. The molecular weight excluding hydrogens is 673 g/mol. The second-order valence-corrected chi connectivity index (χ2v) is 12.9. The van der Waals surface area contributed by atoms with E-state index in [1.165, 1.54) is 43.4 Å². The zero-order valence-corrected chi connectivity index (χ0v) is 29.5. The number of ether oxygens (including phenoxy) is 3. The van der Waals surface area contributed by atoms with Gasteiger partial charge in [-0.05, 0) is 73.2 Å². The van der Waals surface area contributed by atoms with Gasteiger partial charge < -0.3 is 30.2 Å². The number of rotatable bonds is 14. The monoisotopic (exact) mass is 708 g/mol. The summed E-state index contributed by atoms with van der Waals surface area (Å²) in [6.45, 7) is 1.94. The van der Waals surface area contributed by atoms with E-state index in [0.717, 1.165) is 21.9 Å². The molecule has 3 amide bonds. The number of thiazole rings is 1. The van der Waals surface area contributed by atoms with E-state index in [9.17, 15) is 14.4 Å². The lowest BCUT2D eigenvalue weighted by Crippen LogP contribution is -2.30. The number of carbonyl (C=O) groups excluding carboxylic acids is 3. The minimum atomic E-state index is -0.554. The van der Waals surface area contributed by atoms with E-state index >= 15 is 0 Å². The normalized spacial score (nSPS) is 11.6. The molecule has 0 saturated carbocycles. The minimum absolute atomic E-state index is 0.00830. The number of nitrogens with zero attached hydrogens (tertiary/aromatic N) is 1. The molecule has 1 atom stereocenters. The van der Waals surface area contributed by atoms with E-state index in [0.29, 0.717) is 39.9 Å². The van der Waals surface area contributed by atoms with Crippen molar-refractivity contribution in [2.45, 2.75) is 23.5 Å². The van der Waals surface area contributed by atoms with E-state index in [2.05, 4.69) is 20.9 Å². The van der Waals surface area contributed by atoms with Gasteiger partial charge in [-0.3, -0.25) is 14.4 Å². The zero-order valence-electron chi connectivity index (χ0n) is 27.9. The van der Waals surface area contributed by atoms with Crippen LogP contribution in [0.2, 0.25) is 0 Å². The summed E-state index contributed by atoms with van der Waals surface area (Å²) in [4.78, 5) is 45.6. The summed E-state index contributed by atoms with van der Waals surface area (Å²) in [5, 5.41) is 10.5. The van der Waals surface area contributed by atoms with Gasteiger partial charge in [0.25, 0.3) is 11.8 Å². The van der Waals surface area contributed by atoms with Crippen LogP contribution in [0.4, 0.5) is 10.8 Å². The summed E-state index contributed by atoms with van der Waals surface area (Å²) in [7, 11) is 4.67. The Balaban J connectivity index is 1.31. The molecule has 0 bridgehead atoms. The average Bonchev–Trinajstić information content (AvgIpc) is 3.62. The highest BCUT2D eigenvalue weighted by atomic mass is 32.2. The van der Waals surface area contributed by atoms with Crippen LogP contribution in [0.5, 0.6) is 17.2 Å². The molecule has 1 heterocycles. The van der Waals surface area contributed by atoms with Crippen LogP contribution in [0.25, 0.3) is 17.3 Å². The third kappa shape index (κ3) is 9.30. The molecule has 3 N–H and O–H groups in total. The lowest BCUT2D eigenvalue weighted by Gasteiger charge is -2.15. The Morgan fingerprint density at radius 3 is 2.34 bits per heavy atom. The Morgan fingerprint density at radius 2 is 1.60 bits per heavy atom. The number of carbonyl (C=O) groups is 3. The van der Waals surface area contributed by atoms with Crippen molar-refractivity contribution in [2.24, 2.45) is 0 Å². The van der Waals surface area contributed by atoms with Crippen LogP contribution in [0.15, 0.2) is 113 Å². The first kappa shape index (κ1) is 35.7. The molecule has 50 heavy (non-hydrogen) atoms. The van der Waals surface area contributed by atoms with Gasteiger partial charge in [0.2, 0.25) is 5.91 Å². The molecule has 4 aromatic carbocycles. The molecule has 0 radical (unpaired) electrons. The first-order chi connectivity index (χ1) is 24.3. The second kappa shape index (κ2) is 17.2. The Labute approximate surface area is 298 Å². The summed E-state index contributed by atoms with van der Waals surface area (Å²) in [5.41, 5.74) is 3.03. The molecule has 5 rings (SSSR count). The minimum Gasteiger partial charge on any atom is -0.497 e. The van der Waals surface area contributed by atoms with Crippen LogP contribution < -0.4 is 30.2 Å². The maximum atomic E-state index is 13.7. The topological polar surface area (TPSA) is 128 Å². The molecule has 1 aromatic heterocycles. The van der Waals surface area contributed by atoms with E-state index in [4.69, 9.17) is 14.2 Å². The van der Waals surface area contributed by atoms with Gasteiger partial charge in [-0.1, -0.05) is 43.3 Å². The Hall–Kier alpha value is -5.59. The SMILES string of the molecule is CCC(Sc1cccc(NC(=O)/C(=C\c2cc(OC)ccc2OC)NC(=O)c2ccccc2)c1)C(=O)Nc1nc(-c2cccc(OC)c2)cs1. The molecule has 12 heteroatoms. The largest absolute Gasteiger partial charge is 0.497 e. The first-order valence-corrected chi connectivity index (χ1v) is 17.3. The summed E-state index contributed by atoms with van der Waals surface area (Å²) >= 11 is 2.72. The van der Waals surface area contributed by atoms with Crippen molar-refractivity contribution in [1.82, 2.24) is 10.3 Å². The Morgan fingerprint density at radius 1 is 0.840 bits per heavy atom. The highest BCUT2D eigenvalue weighted by Crippen LogP contribution is 2.31. The van der Waals surface area contributed by atoms with Crippen LogP contribution >= 0.6 is 23.1 Å². The van der Waals surface area contributed by atoms with Gasteiger partial charge in [-0.25, -0.2) is 4.98 Å². The average molecular weight is 709 g/mol. The molecular formula is C38H36N4O6S2. The number of hydrogen-bond donors (Lipinski definition) is 3. The smallest absolute Gasteiger partial charge is 0.272 e. The van der Waals surface area contributed by atoms with Crippen molar-refractivity contribution in [3.8, 4) is 28.5 Å². The zero-order chi connectivity index (χ0) is 35.5. The summed E-state index contributed by atoms with van der Waals surface area (Å²) in [6, 6.07) is 28.5. The number of aromatic nitrogens is 1. The quantitative estimate of drug-likeness (QED) is 0.0790. The molecule has 0 spiro atoms. The standard InChI is InChI=1S/C38H36N4O6S2/c1-5-34(37(45)42-38-41-32(23-49-38)25-13-9-15-28(19-25)46-2)50-30-16-10-14-27(22-30)39-36(44)31(40-35(43)24-11-7-6-8-12-24)21-26-20-29(47-3)17-18-33(26)48-4/h6-23,34H,5H2,1-4H3,(H,39,44)(H,40,43)(H,41,42,45)/b31-21+. The van der Waals surface area contributed by atoms with Crippen LogP contribution in [-0.2, 0) is 9.59 Å². The lowest BCUT2D eigenvalue weighted by molar-refractivity contribution is -0.116. The van der Waals surface area contributed by atoms with Gasteiger partial charge in [0.1, 0.15) is 22.9 Å². The highest BCUT2D eigenvalue weighted by Gasteiger charge is 2.21. The van der Waals surface area contributed by atoms with E-state index in [1.807, 2.05) is 42.6 Å². The fraction of sp³-hybridized carbons (Fsp3) is 0.158. The number of anilines is 2. The second-order valence-electron chi connectivity index (χ2n) is 10.7. The van der Waals surface area contributed by atoms with Gasteiger partial charge in [0.15, 0.2) is 5.13 Å². The van der Waals surface area contributed by atoms with Gasteiger partial charge >= 0.3 is 0 Å². The van der Waals surface area contributed by atoms with Crippen LogP contribution in [0.1, 0.15) is 29.3 Å². The van der Waals surface area contributed by atoms with Crippen molar-refractivity contribution < 1.29 is 28.6 Å². The lowest BCUT2D eigenvalue weighted by atomic mass is 10.1. The summed E-state index contributed by atoms with van der Waals surface area (Å²) in [5.74, 6) is 0.578. The molecule has 256 valence electrons. The van der Waals surface area contributed by atoms with Crippen molar-refractivity contribution in [3.05, 3.63) is 119 Å². The van der Waals surface area contributed by atoms with E-state index in [-0.39, 0.29) is 11.6 Å². The van der Waals surface area contributed by atoms with E-state index in [1.54, 1.807) is 73.8 Å². The fourth-order valence-electron chi connectivity index (χ4n) is 4.81. The predicted octanol–water partition coefficient (Wildman–Crippen LogP) is 7.75. The third-order valence-corrected chi connectivity index (χ3v) is 9.51. The van der Waals surface area contributed by atoms with Gasteiger partial charge in [0, 0.05) is 32.7 Å². The Kier molecular flexibility index (Phi) is 12.3. The van der Waals surface area contributed by atoms with Crippen molar-refractivity contribution in [1.29, 1.82) is 0 Å². The summed E-state index contributed by atoms with van der Waals surface area (Å²) in [6.07, 6.45) is 2.09. The van der Waals surface area contributed by atoms with Gasteiger partial charge in [-0.15, -0.1) is 23.1 Å². The van der Waals surface area contributed by atoms with Crippen molar-refractivity contribution >= 4 is 57.7 Å². The highest BCUT2D eigenvalue weighted by molar-refractivity contribution is 8.00. The molecule has 0 fully saturated rings. The summed E-state index contributed by atoms with van der Waals surface area (Å²) < 4.78 is 16.2. The van der Waals surface area contributed by atoms with E-state index < -0.39 is 17.1 Å². The Bertz CT molecular complexity index is 2000. The third-order valence-electron chi connectivity index (χ3n) is 7.40. The molecule has 0 aliphatic heterocycles. The maximum absolute atomic E-state index is 13.7. The number of methoxy groups -OCH3 is 3. The number of thioether (sulfide) groups is 1. The number of amides is 3. The number of hydrogen-bond acceptors (Lipinski definition) is 9. The fourth-order valence-corrected chi connectivity index (χ4v) is 6.55. The van der Waals surface area contributed by atoms with Crippen molar-refractivity contribution in [3.63, 3.8) is 0 Å². The van der Waals surface area contributed by atoms with Gasteiger partial charge in [-0.2, -0.15) is 0 Å². The molecule has 0 aliphatic carbocycles.